The van der Waals surface area contributed by atoms with Crippen molar-refractivity contribution < 1.29 is 0 Å². The van der Waals surface area contributed by atoms with E-state index in [1.165, 1.54) is 5.56 Å². The Kier molecular flexibility index (Phi) is 6.69. The summed E-state index contributed by atoms with van der Waals surface area (Å²) in [5.41, 5.74) is 1.44. The second kappa shape index (κ2) is 7.79. The molecule has 0 aliphatic carbocycles. The summed E-state index contributed by atoms with van der Waals surface area (Å²) in [6.07, 6.45) is 6.30. The summed E-state index contributed by atoms with van der Waals surface area (Å²) in [7, 11) is 1.98. The van der Waals surface area contributed by atoms with Gasteiger partial charge in [0.15, 0.2) is 0 Å². The highest BCUT2D eigenvalue weighted by Crippen LogP contribution is 2.22. The van der Waals surface area contributed by atoms with Crippen molar-refractivity contribution in [3.05, 3.63) is 18.0 Å². The van der Waals surface area contributed by atoms with Crippen LogP contribution >= 0.6 is 0 Å². The van der Waals surface area contributed by atoms with Crippen LogP contribution in [0.25, 0.3) is 0 Å². The predicted molar refractivity (Wildman–Crippen MR) is 86.0 cm³/mol. The molecule has 0 fully saturated rings. The van der Waals surface area contributed by atoms with E-state index in [4.69, 9.17) is 0 Å². The lowest BCUT2D eigenvalue weighted by atomic mass is 9.88. The van der Waals surface area contributed by atoms with Gasteiger partial charge in [0.05, 0.1) is 6.20 Å². The van der Waals surface area contributed by atoms with Crippen molar-refractivity contribution in [3.63, 3.8) is 0 Å². The molecule has 1 N–H and O–H groups in total. The van der Waals surface area contributed by atoms with Crippen LogP contribution in [-0.2, 0) is 13.5 Å². The van der Waals surface area contributed by atoms with Crippen LogP contribution in [-0.4, -0.2) is 45.9 Å². The van der Waals surface area contributed by atoms with Crippen LogP contribution in [0.15, 0.2) is 12.4 Å². The smallest absolute Gasteiger partial charge is 0.0522 e. The molecule has 1 aromatic rings. The summed E-state index contributed by atoms with van der Waals surface area (Å²) in [5.74, 6) is 0. The molecule has 0 amide bonds. The maximum atomic E-state index is 4.29. The zero-order valence-electron chi connectivity index (χ0n) is 14.1. The van der Waals surface area contributed by atoms with Crippen LogP contribution < -0.4 is 5.32 Å². The molecule has 0 saturated heterocycles. The number of rotatable bonds is 9. The van der Waals surface area contributed by atoms with Gasteiger partial charge in [-0.3, -0.25) is 9.58 Å². The van der Waals surface area contributed by atoms with Crippen molar-refractivity contribution in [2.75, 3.05) is 19.6 Å². The predicted octanol–water partition coefficient (Wildman–Crippen LogP) is 2.45. The third-order valence-corrected chi connectivity index (χ3v) is 4.27. The molecule has 0 aromatic carbocycles. The van der Waals surface area contributed by atoms with E-state index in [0.717, 1.165) is 32.5 Å². The van der Waals surface area contributed by atoms with Gasteiger partial charge in [0, 0.05) is 24.8 Å². The molecular formula is C16H32N4. The van der Waals surface area contributed by atoms with E-state index in [2.05, 4.69) is 56.1 Å². The minimum atomic E-state index is 0.133. The van der Waals surface area contributed by atoms with Crippen molar-refractivity contribution in [2.24, 2.45) is 7.05 Å². The highest BCUT2D eigenvalue weighted by molar-refractivity contribution is 5.09. The van der Waals surface area contributed by atoms with Gasteiger partial charge in [-0.05, 0) is 51.9 Å². The molecule has 1 heterocycles. The SMILES string of the molecule is CCCNC(Cc1cnn(C)c1)C(C)(C)N(CC)CC. The van der Waals surface area contributed by atoms with Gasteiger partial charge in [0.1, 0.15) is 0 Å². The quantitative estimate of drug-likeness (QED) is 0.754. The van der Waals surface area contributed by atoms with Crippen molar-refractivity contribution in [2.45, 2.75) is 59.0 Å². The van der Waals surface area contributed by atoms with Gasteiger partial charge in [0.2, 0.25) is 0 Å². The summed E-state index contributed by atoms with van der Waals surface area (Å²) < 4.78 is 1.89. The van der Waals surface area contributed by atoms with E-state index in [-0.39, 0.29) is 5.54 Å². The van der Waals surface area contributed by atoms with Crippen molar-refractivity contribution >= 4 is 0 Å². The Morgan fingerprint density at radius 3 is 2.40 bits per heavy atom. The van der Waals surface area contributed by atoms with E-state index in [0.29, 0.717) is 6.04 Å². The summed E-state index contributed by atoms with van der Waals surface area (Å²) in [5, 5.41) is 8.03. The molecule has 0 aliphatic heterocycles. The molecule has 4 heteroatoms. The summed E-state index contributed by atoms with van der Waals surface area (Å²) in [6, 6.07) is 0.437. The van der Waals surface area contributed by atoms with E-state index in [1.807, 2.05) is 17.9 Å². The Bertz CT molecular complexity index is 380. The first kappa shape index (κ1) is 17.2. The van der Waals surface area contributed by atoms with Crippen LogP contribution in [0.1, 0.15) is 46.6 Å². The van der Waals surface area contributed by atoms with Crippen LogP contribution in [0.4, 0.5) is 0 Å². The van der Waals surface area contributed by atoms with Crippen LogP contribution in [0.5, 0.6) is 0 Å². The fourth-order valence-electron chi connectivity index (χ4n) is 2.96. The summed E-state index contributed by atoms with van der Waals surface area (Å²) in [6.45, 7) is 14.6. The molecule has 20 heavy (non-hydrogen) atoms. The van der Waals surface area contributed by atoms with E-state index in [1.54, 1.807) is 0 Å². The van der Waals surface area contributed by atoms with Gasteiger partial charge >= 0.3 is 0 Å². The Morgan fingerprint density at radius 1 is 1.30 bits per heavy atom. The monoisotopic (exact) mass is 280 g/mol. The molecule has 1 aromatic heterocycles. The molecule has 0 bridgehead atoms. The second-order valence-corrected chi connectivity index (χ2v) is 6.06. The zero-order chi connectivity index (χ0) is 15.2. The molecule has 4 nitrogen and oxygen atoms in total. The molecular weight excluding hydrogens is 248 g/mol. The average molecular weight is 280 g/mol. The van der Waals surface area contributed by atoms with Crippen molar-refractivity contribution in [1.82, 2.24) is 20.0 Å². The lowest BCUT2D eigenvalue weighted by Gasteiger charge is -2.44. The normalized spacial score (nSPS) is 13.9. The van der Waals surface area contributed by atoms with Gasteiger partial charge in [-0.15, -0.1) is 0 Å². The molecule has 0 saturated carbocycles. The number of nitrogens with zero attached hydrogens (tertiary/aromatic N) is 3. The molecule has 0 spiro atoms. The Morgan fingerprint density at radius 2 is 1.95 bits per heavy atom. The highest BCUT2D eigenvalue weighted by Gasteiger charge is 2.33. The fraction of sp³-hybridized carbons (Fsp3) is 0.812. The maximum Gasteiger partial charge on any atom is 0.0522 e. The van der Waals surface area contributed by atoms with Gasteiger partial charge in [-0.2, -0.15) is 5.10 Å². The summed E-state index contributed by atoms with van der Waals surface area (Å²) >= 11 is 0. The molecule has 0 aliphatic rings. The van der Waals surface area contributed by atoms with Crippen LogP contribution in [0.2, 0.25) is 0 Å². The van der Waals surface area contributed by atoms with Gasteiger partial charge in [0.25, 0.3) is 0 Å². The largest absolute Gasteiger partial charge is 0.312 e. The molecule has 1 unspecified atom stereocenters. The number of hydrogen-bond acceptors (Lipinski definition) is 3. The number of nitrogens with one attached hydrogen (secondary N) is 1. The minimum Gasteiger partial charge on any atom is -0.312 e. The molecule has 1 rings (SSSR count). The van der Waals surface area contributed by atoms with Crippen LogP contribution in [0.3, 0.4) is 0 Å². The third-order valence-electron chi connectivity index (χ3n) is 4.27. The summed E-state index contributed by atoms with van der Waals surface area (Å²) in [4.78, 5) is 2.54. The lowest BCUT2D eigenvalue weighted by molar-refractivity contribution is 0.0911. The zero-order valence-corrected chi connectivity index (χ0v) is 14.1. The van der Waals surface area contributed by atoms with Gasteiger partial charge in [-0.25, -0.2) is 0 Å². The number of hydrogen-bond donors (Lipinski definition) is 1. The van der Waals surface area contributed by atoms with E-state index < -0.39 is 0 Å². The molecule has 0 radical (unpaired) electrons. The van der Waals surface area contributed by atoms with Crippen molar-refractivity contribution in [1.29, 1.82) is 0 Å². The molecule has 1 atom stereocenters. The van der Waals surface area contributed by atoms with Gasteiger partial charge < -0.3 is 5.32 Å². The number of aryl methyl sites for hydroxylation is 1. The van der Waals surface area contributed by atoms with Gasteiger partial charge in [-0.1, -0.05) is 20.8 Å². The first-order valence-corrected chi connectivity index (χ1v) is 7.91. The average Bonchev–Trinajstić information content (AvgIpc) is 2.81. The first-order valence-electron chi connectivity index (χ1n) is 7.91. The van der Waals surface area contributed by atoms with E-state index >= 15 is 0 Å². The Labute approximate surface area is 124 Å². The topological polar surface area (TPSA) is 33.1 Å². The van der Waals surface area contributed by atoms with Crippen molar-refractivity contribution in [3.8, 4) is 0 Å². The lowest BCUT2D eigenvalue weighted by Crippen LogP contribution is -2.58. The Hall–Kier alpha value is -0.870. The number of aromatic nitrogens is 2. The van der Waals surface area contributed by atoms with E-state index in [9.17, 15) is 0 Å². The number of likely N-dealkylation sites (N-methyl/N-ethyl adjacent to an activating group) is 1. The standard InChI is InChI=1S/C16H32N4/c1-7-10-17-15(11-14-12-18-19(6)13-14)16(4,5)20(8-2)9-3/h12-13,15,17H,7-11H2,1-6H3. The second-order valence-electron chi connectivity index (χ2n) is 6.06. The fourth-order valence-corrected chi connectivity index (χ4v) is 2.96. The highest BCUT2D eigenvalue weighted by atomic mass is 15.2. The first-order chi connectivity index (χ1) is 9.45. The maximum absolute atomic E-state index is 4.29. The molecule has 116 valence electrons. The third kappa shape index (κ3) is 4.32. The minimum absolute atomic E-state index is 0.133. The van der Waals surface area contributed by atoms with Crippen LogP contribution in [0, 0.1) is 0 Å². The Balaban J connectivity index is 2.86.